The number of β-amino-alcohol motifs (C(OH)–C–C–N with tert-alkyl or cyclic N) is 1. The fourth-order valence-electron chi connectivity index (χ4n) is 3.27. The molecular weight excluding hydrogens is 370 g/mol. The van der Waals surface area contributed by atoms with Gasteiger partial charge in [-0.15, -0.1) is 0 Å². The summed E-state index contributed by atoms with van der Waals surface area (Å²) in [6, 6.07) is 8.57. The molecule has 1 fully saturated rings. The molecular formula is C18H21N3O5S. The Hall–Kier alpha value is -2.20. The minimum absolute atomic E-state index is 0.197. The summed E-state index contributed by atoms with van der Waals surface area (Å²) < 4.78 is 37.4. The summed E-state index contributed by atoms with van der Waals surface area (Å²) in [6.45, 7) is 2.50. The maximum Gasteiger partial charge on any atom is 0.244 e. The Kier molecular flexibility index (Phi) is 5.00. The number of pyridine rings is 1. The fourth-order valence-corrected chi connectivity index (χ4v) is 4.66. The van der Waals surface area contributed by atoms with E-state index in [-0.39, 0.29) is 11.7 Å². The summed E-state index contributed by atoms with van der Waals surface area (Å²) in [7, 11) is -3.52. The topological polar surface area (TPSA) is 92.2 Å². The molecule has 2 aromatic rings. The Morgan fingerprint density at radius 2 is 1.89 bits per heavy atom. The van der Waals surface area contributed by atoms with E-state index >= 15 is 0 Å². The lowest BCUT2D eigenvalue weighted by Gasteiger charge is -2.34. The molecule has 0 unspecified atom stereocenters. The molecule has 144 valence electrons. The van der Waals surface area contributed by atoms with Crippen molar-refractivity contribution in [2.45, 2.75) is 11.0 Å². The van der Waals surface area contributed by atoms with Crippen LogP contribution in [0.1, 0.15) is 11.7 Å². The van der Waals surface area contributed by atoms with Crippen LogP contribution in [0.5, 0.6) is 11.5 Å². The Morgan fingerprint density at radius 3 is 2.63 bits per heavy atom. The van der Waals surface area contributed by atoms with Gasteiger partial charge < -0.3 is 14.6 Å². The van der Waals surface area contributed by atoms with Gasteiger partial charge in [0.25, 0.3) is 0 Å². The molecule has 1 atom stereocenters. The van der Waals surface area contributed by atoms with Gasteiger partial charge in [0.05, 0.1) is 6.10 Å². The summed E-state index contributed by atoms with van der Waals surface area (Å²) in [5.74, 6) is 1.32. The van der Waals surface area contributed by atoms with Crippen molar-refractivity contribution in [3.63, 3.8) is 0 Å². The Labute approximate surface area is 158 Å². The molecule has 2 aliphatic rings. The quantitative estimate of drug-likeness (QED) is 0.808. The molecule has 8 nitrogen and oxygen atoms in total. The van der Waals surface area contributed by atoms with Gasteiger partial charge >= 0.3 is 0 Å². The van der Waals surface area contributed by atoms with Gasteiger partial charge in [0.2, 0.25) is 16.8 Å². The van der Waals surface area contributed by atoms with Crippen molar-refractivity contribution in [1.29, 1.82) is 0 Å². The van der Waals surface area contributed by atoms with Crippen molar-refractivity contribution in [1.82, 2.24) is 14.2 Å². The predicted octanol–water partition coefficient (Wildman–Crippen LogP) is 0.850. The first kappa shape index (κ1) is 18.2. The van der Waals surface area contributed by atoms with Crippen LogP contribution in [-0.2, 0) is 10.0 Å². The van der Waals surface area contributed by atoms with Crippen molar-refractivity contribution < 1.29 is 23.0 Å². The van der Waals surface area contributed by atoms with Gasteiger partial charge in [-0.25, -0.2) is 8.42 Å². The van der Waals surface area contributed by atoms with Crippen LogP contribution in [0.25, 0.3) is 0 Å². The maximum atomic E-state index is 12.6. The molecule has 27 heavy (non-hydrogen) atoms. The highest BCUT2D eigenvalue weighted by molar-refractivity contribution is 7.89. The molecule has 1 aromatic carbocycles. The molecule has 0 spiro atoms. The average Bonchev–Trinajstić information content (AvgIpc) is 3.17. The number of hydrogen-bond donors (Lipinski definition) is 1. The zero-order chi connectivity index (χ0) is 18.9. The SMILES string of the molecule is O=S(=O)(c1cccnc1)N1CCN(C[C@@H](O)c2ccc3c(c2)OCO3)CC1. The molecule has 0 bridgehead atoms. The number of hydrogen-bond acceptors (Lipinski definition) is 7. The molecule has 1 saturated heterocycles. The highest BCUT2D eigenvalue weighted by Crippen LogP contribution is 2.34. The molecule has 9 heteroatoms. The van der Waals surface area contributed by atoms with E-state index in [1.807, 2.05) is 6.07 Å². The minimum atomic E-state index is -3.52. The first-order valence-corrected chi connectivity index (χ1v) is 10.2. The zero-order valence-corrected chi connectivity index (χ0v) is 15.5. The van der Waals surface area contributed by atoms with Crippen LogP contribution in [-0.4, -0.2) is 67.2 Å². The monoisotopic (exact) mass is 391 g/mol. The van der Waals surface area contributed by atoms with Gasteiger partial charge in [-0.05, 0) is 29.8 Å². The number of aromatic nitrogens is 1. The van der Waals surface area contributed by atoms with E-state index in [0.717, 1.165) is 5.56 Å². The average molecular weight is 391 g/mol. The lowest BCUT2D eigenvalue weighted by molar-refractivity contribution is 0.0919. The number of rotatable bonds is 5. The Bertz CT molecular complexity index is 898. The number of sulfonamides is 1. The van der Waals surface area contributed by atoms with Crippen LogP contribution in [0.3, 0.4) is 0 Å². The van der Waals surface area contributed by atoms with E-state index < -0.39 is 16.1 Å². The molecule has 0 saturated carbocycles. The maximum absolute atomic E-state index is 12.6. The molecule has 0 amide bonds. The van der Waals surface area contributed by atoms with E-state index in [2.05, 4.69) is 9.88 Å². The second-order valence-electron chi connectivity index (χ2n) is 6.52. The predicted molar refractivity (Wildman–Crippen MR) is 97.0 cm³/mol. The first-order chi connectivity index (χ1) is 13.0. The molecule has 4 rings (SSSR count). The normalized spacial score (nSPS) is 19.1. The molecule has 0 aliphatic carbocycles. The minimum Gasteiger partial charge on any atom is -0.454 e. The van der Waals surface area contributed by atoms with E-state index in [1.54, 1.807) is 30.5 Å². The summed E-state index contributed by atoms with van der Waals surface area (Å²) in [5, 5.41) is 10.5. The zero-order valence-electron chi connectivity index (χ0n) is 14.7. The summed E-state index contributed by atoms with van der Waals surface area (Å²) in [4.78, 5) is 6.16. The van der Waals surface area contributed by atoms with E-state index in [1.165, 1.54) is 10.5 Å². The standard InChI is InChI=1S/C18H21N3O5S/c22-16(14-3-4-17-18(10-14)26-13-25-17)12-20-6-8-21(9-7-20)27(23,24)15-2-1-5-19-11-15/h1-5,10-11,16,22H,6-9,12-13H2/t16-/m1/s1. The van der Waals surface area contributed by atoms with Crippen LogP contribution in [0.4, 0.5) is 0 Å². The molecule has 1 aromatic heterocycles. The largest absolute Gasteiger partial charge is 0.454 e. The van der Waals surface area contributed by atoms with Crippen LogP contribution < -0.4 is 9.47 Å². The Balaban J connectivity index is 1.35. The van der Waals surface area contributed by atoms with Crippen LogP contribution in [0.15, 0.2) is 47.6 Å². The van der Waals surface area contributed by atoms with E-state index in [9.17, 15) is 13.5 Å². The van der Waals surface area contributed by atoms with Crippen LogP contribution >= 0.6 is 0 Å². The van der Waals surface area contributed by atoms with Crippen molar-refractivity contribution in [2.24, 2.45) is 0 Å². The number of aliphatic hydroxyl groups excluding tert-OH is 1. The van der Waals surface area contributed by atoms with Crippen LogP contribution in [0, 0.1) is 0 Å². The van der Waals surface area contributed by atoms with Gasteiger partial charge in [-0.3, -0.25) is 9.88 Å². The number of piperazine rings is 1. The van der Waals surface area contributed by atoms with Crippen LogP contribution in [0.2, 0.25) is 0 Å². The number of fused-ring (bicyclic) bond motifs is 1. The number of ether oxygens (including phenoxy) is 2. The summed E-state index contributed by atoms with van der Waals surface area (Å²) in [5.41, 5.74) is 0.754. The number of aliphatic hydroxyl groups is 1. The van der Waals surface area contributed by atoms with Crippen molar-refractivity contribution >= 4 is 10.0 Å². The molecule has 0 radical (unpaired) electrons. The van der Waals surface area contributed by atoms with Crippen molar-refractivity contribution in [3.8, 4) is 11.5 Å². The van der Waals surface area contributed by atoms with E-state index in [0.29, 0.717) is 44.2 Å². The van der Waals surface area contributed by atoms with Gasteiger partial charge in [-0.1, -0.05) is 6.07 Å². The smallest absolute Gasteiger partial charge is 0.244 e. The second-order valence-corrected chi connectivity index (χ2v) is 8.46. The third-order valence-electron chi connectivity index (χ3n) is 4.82. The first-order valence-electron chi connectivity index (χ1n) is 8.74. The molecule has 2 aliphatic heterocycles. The third kappa shape index (κ3) is 3.77. The summed E-state index contributed by atoms with van der Waals surface area (Å²) in [6.07, 6.45) is 2.24. The second kappa shape index (κ2) is 7.43. The molecule has 3 heterocycles. The van der Waals surface area contributed by atoms with E-state index in [4.69, 9.17) is 9.47 Å². The van der Waals surface area contributed by atoms with Gasteiger partial charge in [0, 0.05) is 45.1 Å². The molecule has 1 N–H and O–H groups in total. The Morgan fingerprint density at radius 1 is 1.11 bits per heavy atom. The van der Waals surface area contributed by atoms with Gasteiger partial charge in [0.15, 0.2) is 11.5 Å². The lowest BCUT2D eigenvalue weighted by atomic mass is 10.1. The number of benzene rings is 1. The highest BCUT2D eigenvalue weighted by atomic mass is 32.2. The van der Waals surface area contributed by atoms with Gasteiger partial charge in [-0.2, -0.15) is 4.31 Å². The summed E-state index contributed by atoms with van der Waals surface area (Å²) >= 11 is 0. The third-order valence-corrected chi connectivity index (χ3v) is 6.70. The highest BCUT2D eigenvalue weighted by Gasteiger charge is 2.29. The van der Waals surface area contributed by atoms with Crippen molar-refractivity contribution in [2.75, 3.05) is 39.5 Å². The lowest BCUT2D eigenvalue weighted by Crippen LogP contribution is -2.49. The van der Waals surface area contributed by atoms with Gasteiger partial charge in [0.1, 0.15) is 4.90 Å². The number of nitrogens with zero attached hydrogens (tertiary/aromatic N) is 3. The van der Waals surface area contributed by atoms with Crippen molar-refractivity contribution in [3.05, 3.63) is 48.3 Å². The fraction of sp³-hybridized carbons (Fsp3) is 0.389.